The number of benzene rings is 4. The smallest absolute Gasteiger partial charge is 0.0356 e. The first kappa shape index (κ1) is 27.3. The number of halogens is 1. The van der Waals surface area contributed by atoms with E-state index >= 15 is 0 Å². The van der Waals surface area contributed by atoms with Gasteiger partial charge in [0.25, 0.3) is 0 Å². The van der Waals surface area contributed by atoms with Crippen molar-refractivity contribution >= 4 is 22.6 Å². The molecule has 6 rings (SSSR count). The molecular weight excluding hydrogens is 595 g/mol. The summed E-state index contributed by atoms with van der Waals surface area (Å²) in [6.07, 6.45) is 5.63. The lowest BCUT2D eigenvalue weighted by Gasteiger charge is -2.22. The number of rotatable bonds is 5. The van der Waals surface area contributed by atoms with Crippen LogP contribution >= 0.6 is 22.6 Å². The largest absolute Gasteiger partial charge is 0.0873 e. The fourth-order valence-electron chi connectivity index (χ4n) is 6.79. The Balaban J connectivity index is 1.62. The summed E-state index contributed by atoms with van der Waals surface area (Å²) in [4.78, 5) is 0. The molecule has 0 bridgehead atoms. The number of fused-ring (bicyclic) bond motifs is 6. The van der Waals surface area contributed by atoms with Crippen LogP contribution in [0, 0.1) is 0 Å². The van der Waals surface area contributed by atoms with Crippen molar-refractivity contribution in [2.45, 2.75) is 71.1 Å². The van der Waals surface area contributed by atoms with Gasteiger partial charge in [-0.1, -0.05) is 136 Å². The van der Waals surface area contributed by atoms with Crippen LogP contribution in [0.5, 0.6) is 0 Å². The molecule has 2 aliphatic carbocycles. The SMILES string of the molecule is C/C=C\C(=C/I)C1c2cc(C(C)(C)C)ccc2-c2cc3c(cc21)-c1ccc(C(C)CC)cc1C3c1ccccc1. The van der Waals surface area contributed by atoms with Crippen molar-refractivity contribution < 1.29 is 0 Å². The second-order valence-electron chi connectivity index (χ2n) is 12.6. The molecule has 0 heterocycles. The predicted molar refractivity (Wildman–Crippen MR) is 181 cm³/mol. The average molecular weight is 635 g/mol. The normalized spacial score (nSPS) is 18.4. The third kappa shape index (κ3) is 4.42. The molecule has 0 saturated heterocycles. The van der Waals surface area contributed by atoms with Crippen LogP contribution in [-0.2, 0) is 5.41 Å². The van der Waals surface area contributed by atoms with Gasteiger partial charge in [-0.25, -0.2) is 0 Å². The van der Waals surface area contributed by atoms with Crippen LogP contribution in [0.4, 0.5) is 0 Å². The van der Waals surface area contributed by atoms with Gasteiger partial charge in [0, 0.05) is 11.8 Å². The van der Waals surface area contributed by atoms with Crippen LogP contribution in [-0.4, -0.2) is 0 Å². The van der Waals surface area contributed by atoms with E-state index in [4.69, 9.17) is 0 Å². The third-order valence-electron chi connectivity index (χ3n) is 9.17. The zero-order chi connectivity index (χ0) is 28.2. The first-order valence-corrected chi connectivity index (χ1v) is 16.0. The minimum absolute atomic E-state index is 0.107. The molecule has 0 nitrogen and oxygen atoms in total. The van der Waals surface area contributed by atoms with Gasteiger partial charge in [-0.05, 0) is 108 Å². The van der Waals surface area contributed by atoms with Crippen molar-refractivity contribution in [1.82, 2.24) is 0 Å². The van der Waals surface area contributed by atoms with E-state index in [-0.39, 0.29) is 17.3 Å². The van der Waals surface area contributed by atoms with E-state index in [1.807, 2.05) is 0 Å². The van der Waals surface area contributed by atoms with Crippen molar-refractivity contribution in [2.24, 2.45) is 0 Å². The molecule has 40 heavy (non-hydrogen) atoms. The average Bonchev–Trinajstić information content (AvgIpc) is 3.45. The second kappa shape index (κ2) is 10.5. The molecule has 0 aromatic heterocycles. The topological polar surface area (TPSA) is 0 Å². The Morgan fingerprint density at radius 3 is 2.10 bits per heavy atom. The molecule has 0 aliphatic heterocycles. The summed E-state index contributed by atoms with van der Waals surface area (Å²) < 4.78 is 2.28. The van der Waals surface area contributed by atoms with Gasteiger partial charge in [-0.2, -0.15) is 0 Å². The third-order valence-corrected chi connectivity index (χ3v) is 9.89. The van der Waals surface area contributed by atoms with Crippen molar-refractivity contribution in [1.29, 1.82) is 0 Å². The Kier molecular flexibility index (Phi) is 7.15. The lowest BCUT2D eigenvalue weighted by Crippen LogP contribution is -2.12. The standard InChI is InChI=1S/C39H39I/c1-7-12-27(23-40)38-34-20-28(39(4,5)6)16-18-30(34)32-21-35-31(22-36(32)38)29-17-15-26(24(3)8-2)19-33(29)37(35)25-13-10-9-11-14-25/h7,9-24,37-38H,8H2,1-6H3/b12-7-,27-23+. The van der Waals surface area contributed by atoms with Crippen molar-refractivity contribution in [3.8, 4) is 22.3 Å². The predicted octanol–water partition coefficient (Wildman–Crippen LogP) is 11.7. The van der Waals surface area contributed by atoms with E-state index in [9.17, 15) is 0 Å². The van der Waals surface area contributed by atoms with E-state index in [1.54, 1.807) is 0 Å². The summed E-state index contributed by atoms with van der Waals surface area (Å²) >= 11 is 2.43. The highest BCUT2D eigenvalue weighted by Gasteiger charge is 2.37. The van der Waals surface area contributed by atoms with Crippen LogP contribution in [0.3, 0.4) is 0 Å². The Morgan fingerprint density at radius 1 is 0.800 bits per heavy atom. The number of hydrogen-bond donors (Lipinski definition) is 0. The molecule has 202 valence electrons. The molecule has 4 aromatic rings. The van der Waals surface area contributed by atoms with Crippen LogP contribution in [0.2, 0.25) is 0 Å². The summed E-state index contributed by atoms with van der Waals surface area (Å²) in [6, 6.07) is 30.7. The van der Waals surface area contributed by atoms with Gasteiger partial charge in [-0.15, -0.1) is 0 Å². The lowest BCUT2D eigenvalue weighted by atomic mass is 9.82. The van der Waals surface area contributed by atoms with Crippen molar-refractivity contribution in [3.63, 3.8) is 0 Å². The van der Waals surface area contributed by atoms with Gasteiger partial charge >= 0.3 is 0 Å². The molecule has 0 amide bonds. The van der Waals surface area contributed by atoms with E-state index in [0.717, 1.165) is 6.42 Å². The van der Waals surface area contributed by atoms with Gasteiger partial charge in [0.15, 0.2) is 0 Å². The molecule has 4 aromatic carbocycles. The summed E-state index contributed by atoms with van der Waals surface area (Å²) in [5, 5.41) is 0. The van der Waals surface area contributed by atoms with Gasteiger partial charge < -0.3 is 0 Å². The number of allylic oxidation sites excluding steroid dienone is 3. The minimum Gasteiger partial charge on any atom is -0.0873 e. The molecule has 0 fully saturated rings. The summed E-state index contributed by atoms with van der Waals surface area (Å²) in [5.74, 6) is 1.05. The molecule has 1 heteroatoms. The highest BCUT2D eigenvalue weighted by Crippen LogP contribution is 2.56. The zero-order valence-electron chi connectivity index (χ0n) is 24.6. The Hall–Kier alpha value is -2.91. The van der Waals surface area contributed by atoms with E-state index in [0.29, 0.717) is 5.92 Å². The lowest BCUT2D eigenvalue weighted by molar-refractivity contribution is 0.589. The molecule has 0 N–H and O–H groups in total. The van der Waals surface area contributed by atoms with Gasteiger partial charge in [0.05, 0.1) is 0 Å². The zero-order valence-corrected chi connectivity index (χ0v) is 26.7. The van der Waals surface area contributed by atoms with Crippen molar-refractivity contribution in [3.05, 3.63) is 140 Å². The first-order valence-electron chi connectivity index (χ1n) is 14.7. The summed E-state index contributed by atoms with van der Waals surface area (Å²) in [7, 11) is 0. The quantitative estimate of drug-likeness (QED) is 0.133. The van der Waals surface area contributed by atoms with E-state index in [2.05, 4.69) is 159 Å². The fourth-order valence-corrected chi connectivity index (χ4v) is 7.35. The highest BCUT2D eigenvalue weighted by atomic mass is 127. The molecule has 0 radical (unpaired) electrons. The van der Waals surface area contributed by atoms with E-state index in [1.165, 1.54) is 66.8 Å². The van der Waals surface area contributed by atoms with Gasteiger partial charge in [-0.3, -0.25) is 0 Å². The second-order valence-corrected chi connectivity index (χ2v) is 13.2. The van der Waals surface area contributed by atoms with Crippen LogP contribution in [0.1, 0.15) is 105 Å². The van der Waals surface area contributed by atoms with Crippen LogP contribution in [0.25, 0.3) is 22.3 Å². The molecule has 3 atom stereocenters. The number of hydrogen-bond acceptors (Lipinski definition) is 0. The first-order chi connectivity index (χ1) is 19.3. The molecule has 0 saturated carbocycles. The molecule has 0 spiro atoms. The maximum Gasteiger partial charge on any atom is 0.0356 e. The van der Waals surface area contributed by atoms with Gasteiger partial charge in [0.2, 0.25) is 0 Å². The summed E-state index contributed by atoms with van der Waals surface area (Å²) in [6.45, 7) is 13.7. The highest BCUT2D eigenvalue weighted by molar-refractivity contribution is 14.1. The molecular formula is C39H39I. The minimum atomic E-state index is 0.107. The van der Waals surface area contributed by atoms with Crippen LogP contribution < -0.4 is 0 Å². The van der Waals surface area contributed by atoms with Crippen molar-refractivity contribution in [2.75, 3.05) is 0 Å². The Labute approximate surface area is 254 Å². The van der Waals surface area contributed by atoms with Gasteiger partial charge in [0.1, 0.15) is 0 Å². The summed E-state index contributed by atoms with van der Waals surface area (Å²) in [5.41, 5.74) is 17.1. The fraction of sp³-hybridized carbons (Fsp3) is 0.282. The molecule has 2 aliphatic rings. The Morgan fingerprint density at radius 2 is 1.43 bits per heavy atom. The van der Waals surface area contributed by atoms with E-state index < -0.39 is 0 Å². The van der Waals surface area contributed by atoms with Crippen LogP contribution in [0.15, 0.2) is 101 Å². The maximum absolute atomic E-state index is 2.54. The molecule has 3 unspecified atom stereocenters. The Bertz CT molecular complexity index is 1640. The maximum atomic E-state index is 2.54. The monoisotopic (exact) mass is 634 g/mol.